The van der Waals surface area contributed by atoms with Gasteiger partial charge in [-0.1, -0.05) is 6.07 Å². The molecule has 2 amide bonds. The van der Waals surface area contributed by atoms with Crippen LogP contribution in [0, 0.1) is 6.92 Å². The second kappa shape index (κ2) is 6.09. The van der Waals surface area contributed by atoms with E-state index in [2.05, 4.69) is 0 Å². The van der Waals surface area contributed by atoms with E-state index in [4.69, 9.17) is 5.11 Å². The molecule has 1 aromatic rings. The summed E-state index contributed by atoms with van der Waals surface area (Å²) >= 11 is 1.44. The number of aryl methyl sites for hydroxylation is 1. The minimum absolute atomic E-state index is 0.120. The number of rotatable bonds is 5. The molecule has 1 N–H and O–H groups in total. The third-order valence-corrected chi connectivity index (χ3v) is 4.15. The fourth-order valence-corrected chi connectivity index (χ4v) is 2.92. The number of carboxylic acid groups (broad SMARTS) is 1. The Bertz CT molecular complexity index is 554. The molecule has 0 saturated carbocycles. The van der Waals surface area contributed by atoms with Gasteiger partial charge >= 0.3 is 5.97 Å². The number of amides is 2. The molecule has 0 aliphatic carbocycles. The number of aromatic carboxylic acids is 1. The highest BCUT2D eigenvalue weighted by atomic mass is 32.2. The summed E-state index contributed by atoms with van der Waals surface area (Å²) in [7, 11) is 0. The average Bonchev–Trinajstić information content (AvgIpc) is 2.72. The van der Waals surface area contributed by atoms with E-state index in [0.29, 0.717) is 30.7 Å². The van der Waals surface area contributed by atoms with E-state index in [-0.39, 0.29) is 17.4 Å². The third kappa shape index (κ3) is 3.19. The first-order valence-corrected chi connectivity index (χ1v) is 7.27. The fraction of sp³-hybridized carbons (Fsp3) is 0.357. The molecule has 1 aromatic carbocycles. The maximum Gasteiger partial charge on any atom is 0.335 e. The smallest absolute Gasteiger partial charge is 0.335 e. The van der Waals surface area contributed by atoms with Crippen molar-refractivity contribution in [3.05, 3.63) is 29.3 Å². The van der Waals surface area contributed by atoms with Gasteiger partial charge < -0.3 is 5.11 Å². The summed E-state index contributed by atoms with van der Waals surface area (Å²) < 4.78 is 0. The SMILES string of the molecule is Cc1ccc(SCCN2C(=O)CCC2=O)cc1C(=O)O. The van der Waals surface area contributed by atoms with Crippen LogP contribution in [0.1, 0.15) is 28.8 Å². The Hall–Kier alpha value is -1.82. The van der Waals surface area contributed by atoms with Crippen LogP contribution in [0.3, 0.4) is 0 Å². The van der Waals surface area contributed by atoms with E-state index < -0.39 is 5.97 Å². The van der Waals surface area contributed by atoms with Crippen molar-refractivity contribution in [1.82, 2.24) is 4.90 Å². The Morgan fingerprint density at radius 2 is 1.95 bits per heavy atom. The minimum Gasteiger partial charge on any atom is -0.478 e. The summed E-state index contributed by atoms with van der Waals surface area (Å²) in [5, 5.41) is 9.05. The van der Waals surface area contributed by atoms with Crippen LogP contribution in [0.15, 0.2) is 23.1 Å². The van der Waals surface area contributed by atoms with Crippen LogP contribution in [0.5, 0.6) is 0 Å². The van der Waals surface area contributed by atoms with Crippen LogP contribution in [0.2, 0.25) is 0 Å². The van der Waals surface area contributed by atoms with E-state index in [0.717, 1.165) is 4.90 Å². The summed E-state index contributed by atoms with van der Waals surface area (Å²) in [6.45, 7) is 2.12. The summed E-state index contributed by atoms with van der Waals surface area (Å²) in [4.78, 5) is 36.0. The summed E-state index contributed by atoms with van der Waals surface area (Å²) in [6, 6.07) is 5.23. The van der Waals surface area contributed by atoms with Crippen LogP contribution in [-0.2, 0) is 9.59 Å². The number of imide groups is 1. The number of hydrogen-bond donors (Lipinski definition) is 1. The average molecular weight is 293 g/mol. The number of carbonyl (C=O) groups excluding carboxylic acids is 2. The van der Waals surface area contributed by atoms with Crippen molar-refractivity contribution in [3.8, 4) is 0 Å². The van der Waals surface area contributed by atoms with Crippen LogP contribution < -0.4 is 0 Å². The third-order valence-electron chi connectivity index (χ3n) is 3.18. The molecular formula is C14H15NO4S. The largest absolute Gasteiger partial charge is 0.478 e. The molecule has 1 saturated heterocycles. The van der Waals surface area contributed by atoms with E-state index >= 15 is 0 Å². The number of carbonyl (C=O) groups is 3. The second-order valence-electron chi connectivity index (χ2n) is 4.57. The lowest BCUT2D eigenvalue weighted by Crippen LogP contribution is -2.31. The summed E-state index contributed by atoms with van der Waals surface area (Å²) in [5.74, 6) is -0.620. The van der Waals surface area contributed by atoms with Gasteiger partial charge in [-0.25, -0.2) is 4.79 Å². The first-order valence-electron chi connectivity index (χ1n) is 6.29. The predicted octanol–water partition coefficient (Wildman–Crippen LogP) is 1.93. The highest BCUT2D eigenvalue weighted by Crippen LogP contribution is 2.22. The quantitative estimate of drug-likeness (QED) is 0.663. The zero-order valence-corrected chi connectivity index (χ0v) is 11.9. The zero-order valence-electron chi connectivity index (χ0n) is 11.1. The first-order chi connectivity index (χ1) is 9.49. The van der Waals surface area contributed by atoms with Crippen LogP contribution in [-0.4, -0.2) is 40.1 Å². The summed E-state index contributed by atoms with van der Waals surface area (Å²) in [5.41, 5.74) is 0.995. The van der Waals surface area contributed by atoms with Crippen LogP contribution >= 0.6 is 11.8 Å². The van der Waals surface area contributed by atoms with Crippen molar-refractivity contribution in [2.75, 3.05) is 12.3 Å². The van der Waals surface area contributed by atoms with Crippen molar-refractivity contribution < 1.29 is 19.5 Å². The highest BCUT2D eigenvalue weighted by molar-refractivity contribution is 7.99. The molecule has 1 aliphatic heterocycles. The van der Waals surface area contributed by atoms with Gasteiger partial charge in [0.05, 0.1) is 5.56 Å². The molecule has 1 heterocycles. The first kappa shape index (κ1) is 14.6. The van der Waals surface area contributed by atoms with Gasteiger partial charge in [0, 0.05) is 30.0 Å². The Balaban J connectivity index is 1.94. The maximum absolute atomic E-state index is 11.4. The molecule has 2 rings (SSSR count). The van der Waals surface area contributed by atoms with Gasteiger partial charge in [0.1, 0.15) is 0 Å². The van der Waals surface area contributed by atoms with Crippen molar-refractivity contribution in [1.29, 1.82) is 0 Å². The van der Waals surface area contributed by atoms with Crippen molar-refractivity contribution >= 4 is 29.5 Å². The maximum atomic E-state index is 11.4. The predicted molar refractivity (Wildman–Crippen MR) is 74.8 cm³/mol. The molecule has 0 bridgehead atoms. The zero-order chi connectivity index (χ0) is 14.7. The lowest BCUT2D eigenvalue weighted by molar-refractivity contribution is -0.137. The number of hydrogen-bond acceptors (Lipinski definition) is 4. The normalized spacial score (nSPS) is 14.9. The fourth-order valence-electron chi connectivity index (χ4n) is 2.05. The lowest BCUT2D eigenvalue weighted by Gasteiger charge is -2.13. The van der Waals surface area contributed by atoms with Crippen LogP contribution in [0.25, 0.3) is 0 Å². The van der Waals surface area contributed by atoms with Gasteiger partial charge in [0.2, 0.25) is 11.8 Å². The lowest BCUT2D eigenvalue weighted by atomic mass is 10.1. The van der Waals surface area contributed by atoms with Crippen molar-refractivity contribution in [2.24, 2.45) is 0 Å². The summed E-state index contributed by atoms with van der Waals surface area (Å²) in [6.07, 6.45) is 0.606. The molecule has 5 nitrogen and oxygen atoms in total. The van der Waals surface area contributed by atoms with Crippen molar-refractivity contribution in [2.45, 2.75) is 24.7 Å². The standard InChI is InChI=1S/C14H15NO4S/c1-9-2-3-10(8-11(9)14(18)19)20-7-6-15-12(16)4-5-13(15)17/h2-3,8H,4-7H2,1H3,(H,18,19). The van der Waals surface area contributed by atoms with Gasteiger partial charge in [-0.05, 0) is 24.6 Å². The van der Waals surface area contributed by atoms with Crippen LogP contribution in [0.4, 0.5) is 0 Å². The molecule has 0 atom stereocenters. The molecule has 0 unspecified atom stereocenters. The second-order valence-corrected chi connectivity index (χ2v) is 5.74. The van der Waals surface area contributed by atoms with Gasteiger partial charge in [-0.15, -0.1) is 11.8 Å². The van der Waals surface area contributed by atoms with E-state index in [9.17, 15) is 14.4 Å². The molecule has 106 valence electrons. The molecule has 6 heteroatoms. The highest BCUT2D eigenvalue weighted by Gasteiger charge is 2.28. The Kier molecular flexibility index (Phi) is 4.44. The number of thioether (sulfide) groups is 1. The Morgan fingerprint density at radius 1 is 1.30 bits per heavy atom. The molecule has 0 spiro atoms. The van der Waals surface area contributed by atoms with Gasteiger partial charge in [-0.2, -0.15) is 0 Å². The molecular weight excluding hydrogens is 278 g/mol. The monoisotopic (exact) mass is 293 g/mol. The van der Waals surface area contributed by atoms with E-state index in [1.54, 1.807) is 19.1 Å². The van der Waals surface area contributed by atoms with E-state index in [1.165, 1.54) is 16.7 Å². The van der Waals surface area contributed by atoms with Gasteiger partial charge in [0.15, 0.2) is 0 Å². The Morgan fingerprint density at radius 3 is 2.55 bits per heavy atom. The number of benzene rings is 1. The minimum atomic E-state index is -0.949. The topological polar surface area (TPSA) is 74.7 Å². The number of likely N-dealkylation sites (tertiary alicyclic amines) is 1. The van der Waals surface area contributed by atoms with Gasteiger partial charge in [-0.3, -0.25) is 14.5 Å². The van der Waals surface area contributed by atoms with Gasteiger partial charge in [0.25, 0.3) is 0 Å². The number of nitrogens with zero attached hydrogens (tertiary/aromatic N) is 1. The molecule has 20 heavy (non-hydrogen) atoms. The number of carboxylic acids is 1. The molecule has 0 radical (unpaired) electrons. The Labute approximate surface area is 121 Å². The van der Waals surface area contributed by atoms with E-state index in [1.807, 2.05) is 6.07 Å². The molecule has 0 aromatic heterocycles. The van der Waals surface area contributed by atoms with Crippen molar-refractivity contribution in [3.63, 3.8) is 0 Å². The molecule has 1 fully saturated rings. The molecule has 1 aliphatic rings.